The van der Waals surface area contributed by atoms with Gasteiger partial charge < -0.3 is 44.8 Å². The lowest BCUT2D eigenvalue weighted by Gasteiger charge is -2.40. The van der Waals surface area contributed by atoms with Crippen molar-refractivity contribution in [1.82, 2.24) is 0 Å². The fourth-order valence-corrected chi connectivity index (χ4v) is 3.83. The summed E-state index contributed by atoms with van der Waals surface area (Å²) in [4.78, 5) is 36.5. The van der Waals surface area contributed by atoms with Crippen LogP contribution in [0.4, 0.5) is 0 Å². The Morgan fingerprint density at radius 3 is 2.00 bits per heavy atom. The molecule has 0 heterocycles. The van der Waals surface area contributed by atoms with E-state index < -0.39 is 60.4 Å². The maximum Gasteiger partial charge on any atom is 0.335 e. The number of methoxy groups -OCH3 is 1. The van der Waals surface area contributed by atoms with Crippen molar-refractivity contribution in [2.45, 2.75) is 36.8 Å². The van der Waals surface area contributed by atoms with Gasteiger partial charge in [0.1, 0.15) is 6.10 Å². The van der Waals surface area contributed by atoms with E-state index in [2.05, 4.69) is 0 Å². The normalized spacial score (nSPS) is 23.3. The number of phenols is 3. The number of ether oxygens (including phenoxy) is 3. The molecule has 0 saturated heterocycles. The van der Waals surface area contributed by atoms with Gasteiger partial charge in [-0.1, -0.05) is 12.1 Å². The van der Waals surface area contributed by atoms with Gasteiger partial charge in [-0.15, -0.1) is 0 Å². The van der Waals surface area contributed by atoms with E-state index in [1.807, 2.05) is 0 Å². The first-order chi connectivity index (χ1) is 17.9. The van der Waals surface area contributed by atoms with Crippen LogP contribution in [-0.4, -0.2) is 79.6 Å². The van der Waals surface area contributed by atoms with Crippen molar-refractivity contribution in [2.24, 2.45) is 0 Å². The number of hydrogen-bond donors (Lipinski definition) is 6. The molecule has 1 saturated carbocycles. The molecule has 12 heteroatoms. The zero-order valence-electron chi connectivity index (χ0n) is 20.1. The molecule has 202 valence electrons. The average molecular weight is 530 g/mol. The van der Waals surface area contributed by atoms with Crippen LogP contribution in [0.1, 0.15) is 24.0 Å². The van der Waals surface area contributed by atoms with E-state index in [1.54, 1.807) is 6.07 Å². The summed E-state index contributed by atoms with van der Waals surface area (Å²) in [6, 6.07) is 8.12. The highest BCUT2D eigenvalue weighted by Crippen LogP contribution is 2.33. The smallest absolute Gasteiger partial charge is 0.335 e. The Balaban J connectivity index is 1.75. The van der Waals surface area contributed by atoms with Gasteiger partial charge in [0.15, 0.2) is 34.7 Å². The van der Waals surface area contributed by atoms with Crippen LogP contribution in [0.25, 0.3) is 12.2 Å². The van der Waals surface area contributed by atoms with Gasteiger partial charge in [0.25, 0.3) is 0 Å². The Morgan fingerprint density at radius 1 is 0.868 bits per heavy atom. The molecule has 2 aromatic carbocycles. The molecule has 2 aromatic rings. The van der Waals surface area contributed by atoms with Crippen LogP contribution in [0.15, 0.2) is 48.6 Å². The molecule has 0 aliphatic heterocycles. The van der Waals surface area contributed by atoms with E-state index >= 15 is 0 Å². The Hall–Kier alpha value is -4.55. The number of carboxylic acid groups (broad SMARTS) is 1. The van der Waals surface area contributed by atoms with Crippen LogP contribution in [0.5, 0.6) is 23.0 Å². The molecule has 1 aliphatic rings. The summed E-state index contributed by atoms with van der Waals surface area (Å²) in [5.74, 6) is -4.38. The second kappa shape index (κ2) is 11.7. The molecular weight excluding hydrogens is 504 g/mol. The van der Waals surface area contributed by atoms with Crippen LogP contribution in [-0.2, 0) is 23.9 Å². The number of carbonyl (C=O) groups excluding carboxylic acids is 2. The number of hydrogen-bond acceptors (Lipinski definition) is 11. The van der Waals surface area contributed by atoms with Crippen molar-refractivity contribution < 1.29 is 59.2 Å². The number of aliphatic carboxylic acids is 1. The summed E-state index contributed by atoms with van der Waals surface area (Å²) < 4.78 is 15.4. The average Bonchev–Trinajstić information content (AvgIpc) is 2.85. The van der Waals surface area contributed by atoms with Gasteiger partial charge in [0.05, 0.1) is 13.2 Å². The summed E-state index contributed by atoms with van der Waals surface area (Å²) in [6.07, 6.45) is -1.63. The van der Waals surface area contributed by atoms with E-state index in [0.717, 1.165) is 12.2 Å². The van der Waals surface area contributed by atoms with Crippen LogP contribution in [0.2, 0.25) is 0 Å². The van der Waals surface area contributed by atoms with E-state index in [1.165, 1.54) is 49.6 Å². The van der Waals surface area contributed by atoms with Gasteiger partial charge in [0.2, 0.25) is 0 Å². The predicted octanol–water partition coefficient (Wildman–Crippen LogP) is 1.33. The van der Waals surface area contributed by atoms with Crippen LogP contribution < -0.4 is 4.74 Å². The number of aliphatic hydroxyl groups excluding tert-OH is 1. The summed E-state index contributed by atoms with van der Waals surface area (Å²) in [6.45, 7) is 0. The maximum absolute atomic E-state index is 12.5. The summed E-state index contributed by atoms with van der Waals surface area (Å²) in [7, 11) is 1.38. The van der Waals surface area contributed by atoms with Gasteiger partial charge in [-0.3, -0.25) is 0 Å². The van der Waals surface area contributed by atoms with Gasteiger partial charge in [-0.25, -0.2) is 14.4 Å². The minimum Gasteiger partial charge on any atom is -0.504 e. The quantitative estimate of drug-likeness (QED) is 0.163. The number of carboxylic acids is 1. The Morgan fingerprint density at radius 2 is 1.45 bits per heavy atom. The maximum atomic E-state index is 12.5. The topological polar surface area (TPSA) is 200 Å². The fourth-order valence-electron chi connectivity index (χ4n) is 3.83. The van der Waals surface area contributed by atoms with Crippen LogP contribution in [0.3, 0.4) is 0 Å². The van der Waals surface area contributed by atoms with Crippen molar-refractivity contribution in [3.05, 3.63) is 59.7 Å². The van der Waals surface area contributed by atoms with Crippen molar-refractivity contribution >= 4 is 30.1 Å². The van der Waals surface area contributed by atoms with Crippen LogP contribution >= 0.6 is 0 Å². The first kappa shape index (κ1) is 28.0. The SMILES string of the molecule is COc1ccc(C=CC(=O)OC2C(O)CC(O)(C(=O)O)CC2OC(=O)C=Cc2ccc(O)c(O)c2)cc1O. The molecule has 4 atom stereocenters. The van der Waals surface area contributed by atoms with E-state index in [0.29, 0.717) is 11.1 Å². The molecule has 0 spiro atoms. The monoisotopic (exact) mass is 530 g/mol. The van der Waals surface area contributed by atoms with Gasteiger partial charge in [0, 0.05) is 25.0 Å². The van der Waals surface area contributed by atoms with Gasteiger partial charge >= 0.3 is 17.9 Å². The molecule has 0 aromatic heterocycles. The predicted molar refractivity (Wildman–Crippen MR) is 130 cm³/mol. The largest absolute Gasteiger partial charge is 0.504 e. The number of carbonyl (C=O) groups is 3. The lowest BCUT2D eigenvalue weighted by molar-refractivity contribution is -0.204. The van der Waals surface area contributed by atoms with Gasteiger partial charge in [-0.05, 0) is 47.5 Å². The third-order valence-electron chi connectivity index (χ3n) is 5.78. The lowest BCUT2D eigenvalue weighted by Crippen LogP contribution is -2.58. The van der Waals surface area contributed by atoms with Crippen molar-refractivity contribution in [2.75, 3.05) is 7.11 Å². The number of esters is 2. The standard InChI is InChI=1S/C26H26O12/c1-36-20-7-3-15(11-18(20)29)5-9-23(32)38-24-19(30)12-26(35,25(33)34)13-21(24)37-22(31)8-4-14-2-6-16(27)17(28)10-14/h2-11,19,21,24,27-30,35H,12-13H2,1H3,(H,33,34). The van der Waals surface area contributed by atoms with Crippen LogP contribution in [0, 0.1) is 0 Å². The molecule has 1 aliphatic carbocycles. The van der Waals surface area contributed by atoms with Crippen molar-refractivity contribution in [3.63, 3.8) is 0 Å². The zero-order chi connectivity index (χ0) is 28.0. The molecule has 6 N–H and O–H groups in total. The lowest BCUT2D eigenvalue weighted by atomic mass is 9.79. The molecule has 12 nitrogen and oxygen atoms in total. The highest BCUT2D eigenvalue weighted by molar-refractivity contribution is 5.88. The first-order valence-electron chi connectivity index (χ1n) is 11.2. The first-order valence-corrected chi connectivity index (χ1v) is 11.2. The summed E-state index contributed by atoms with van der Waals surface area (Å²) in [5.41, 5.74) is -1.71. The van der Waals surface area contributed by atoms with Gasteiger partial charge in [-0.2, -0.15) is 0 Å². The van der Waals surface area contributed by atoms with E-state index in [9.17, 15) is 45.0 Å². The molecule has 3 rings (SSSR count). The Kier molecular flexibility index (Phi) is 8.61. The summed E-state index contributed by atoms with van der Waals surface area (Å²) in [5, 5.41) is 59.1. The second-order valence-corrected chi connectivity index (χ2v) is 8.54. The highest BCUT2D eigenvalue weighted by Gasteiger charge is 2.52. The number of phenolic OH excluding ortho intramolecular Hbond substituents is 3. The molecule has 0 bridgehead atoms. The van der Waals surface area contributed by atoms with E-state index in [4.69, 9.17) is 14.2 Å². The molecule has 1 fully saturated rings. The second-order valence-electron chi connectivity index (χ2n) is 8.54. The number of benzene rings is 2. The molecule has 0 amide bonds. The Bertz CT molecular complexity index is 1270. The number of rotatable bonds is 8. The molecular formula is C26H26O12. The zero-order valence-corrected chi connectivity index (χ0v) is 20.1. The molecule has 4 unspecified atom stereocenters. The number of aromatic hydroxyl groups is 3. The molecule has 0 radical (unpaired) electrons. The molecule has 38 heavy (non-hydrogen) atoms. The van der Waals surface area contributed by atoms with E-state index in [-0.39, 0.29) is 17.2 Å². The highest BCUT2D eigenvalue weighted by atomic mass is 16.6. The third-order valence-corrected chi connectivity index (χ3v) is 5.78. The third kappa shape index (κ3) is 6.81. The Labute approximate surface area is 216 Å². The fraction of sp³-hybridized carbons (Fsp3) is 0.269. The minimum absolute atomic E-state index is 0.166. The number of aliphatic hydroxyl groups is 2. The minimum atomic E-state index is -2.45. The van der Waals surface area contributed by atoms with Crippen molar-refractivity contribution in [3.8, 4) is 23.0 Å². The van der Waals surface area contributed by atoms with Crippen molar-refractivity contribution in [1.29, 1.82) is 0 Å². The summed E-state index contributed by atoms with van der Waals surface area (Å²) >= 11 is 0.